The first-order chi connectivity index (χ1) is 10.9. The predicted molar refractivity (Wildman–Crippen MR) is 93.1 cm³/mol. The molecule has 0 aliphatic carbocycles. The first kappa shape index (κ1) is 16.6. The zero-order valence-corrected chi connectivity index (χ0v) is 15.2. The summed E-state index contributed by atoms with van der Waals surface area (Å²) >= 11 is 1.47. The van der Waals surface area contributed by atoms with Crippen molar-refractivity contribution in [3.05, 3.63) is 5.82 Å². The van der Waals surface area contributed by atoms with Crippen molar-refractivity contribution in [2.75, 3.05) is 50.7 Å². The summed E-state index contributed by atoms with van der Waals surface area (Å²) in [4.78, 5) is 23.6. The summed E-state index contributed by atoms with van der Waals surface area (Å²) in [5.41, 5.74) is -0.0116. The van der Waals surface area contributed by atoms with Gasteiger partial charge in [0, 0.05) is 43.1 Å². The van der Waals surface area contributed by atoms with Crippen LogP contribution in [-0.4, -0.2) is 70.9 Å². The number of aromatic nitrogens is 2. The molecule has 0 unspecified atom stereocenters. The van der Waals surface area contributed by atoms with Crippen LogP contribution in [-0.2, 0) is 10.2 Å². The quantitative estimate of drug-likeness (QED) is 0.838. The Morgan fingerprint density at radius 3 is 2.30 bits per heavy atom. The first-order valence-electron chi connectivity index (χ1n) is 8.53. The SMILES string of the molecule is CC(C)(C)c1nsc(N2CCN(C(=O)CN3CCCC3)CC2)n1. The number of carbonyl (C=O) groups excluding carboxylic acids is 1. The fourth-order valence-corrected chi connectivity index (χ4v) is 3.94. The van der Waals surface area contributed by atoms with Crippen LogP contribution in [0.15, 0.2) is 0 Å². The monoisotopic (exact) mass is 337 g/mol. The van der Waals surface area contributed by atoms with Crippen molar-refractivity contribution in [3.8, 4) is 0 Å². The molecule has 6 nitrogen and oxygen atoms in total. The van der Waals surface area contributed by atoms with Crippen molar-refractivity contribution in [1.82, 2.24) is 19.2 Å². The number of hydrogen-bond acceptors (Lipinski definition) is 6. The van der Waals surface area contributed by atoms with Crippen molar-refractivity contribution in [2.45, 2.75) is 39.0 Å². The molecule has 23 heavy (non-hydrogen) atoms. The molecule has 2 aliphatic rings. The van der Waals surface area contributed by atoms with E-state index in [4.69, 9.17) is 0 Å². The Kier molecular flexibility index (Phi) is 4.87. The smallest absolute Gasteiger partial charge is 0.236 e. The molecule has 0 spiro atoms. The molecule has 1 aromatic rings. The van der Waals surface area contributed by atoms with Gasteiger partial charge in [-0.05, 0) is 25.9 Å². The van der Waals surface area contributed by atoms with Crippen LogP contribution < -0.4 is 4.90 Å². The maximum absolute atomic E-state index is 12.4. The van der Waals surface area contributed by atoms with E-state index in [-0.39, 0.29) is 11.3 Å². The van der Waals surface area contributed by atoms with Crippen molar-refractivity contribution in [2.24, 2.45) is 0 Å². The minimum atomic E-state index is -0.0116. The molecule has 0 saturated carbocycles. The van der Waals surface area contributed by atoms with Crippen molar-refractivity contribution in [3.63, 3.8) is 0 Å². The van der Waals surface area contributed by atoms with Gasteiger partial charge in [0.25, 0.3) is 0 Å². The zero-order chi connectivity index (χ0) is 16.4. The molecule has 7 heteroatoms. The van der Waals surface area contributed by atoms with Gasteiger partial charge in [-0.25, -0.2) is 4.98 Å². The molecule has 2 aliphatic heterocycles. The van der Waals surface area contributed by atoms with E-state index in [9.17, 15) is 4.79 Å². The summed E-state index contributed by atoms with van der Waals surface area (Å²) in [5.74, 6) is 1.18. The van der Waals surface area contributed by atoms with E-state index in [2.05, 4.69) is 39.9 Å². The molecule has 3 rings (SSSR count). The molecule has 2 saturated heterocycles. The Morgan fingerprint density at radius 1 is 1.09 bits per heavy atom. The third-order valence-corrected chi connectivity index (χ3v) is 5.32. The Morgan fingerprint density at radius 2 is 1.74 bits per heavy atom. The van der Waals surface area contributed by atoms with Gasteiger partial charge in [0.2, 0.25) is 11.0 Å². The predicted octanol–water partition coefficient (Wildman–Crippen LogP) is 1.58. The zero-order valence-electron chi connectivity index (χ0n) is 14.4. The van der Waals surface area contributed by atoms with E-state index >= 15 is 0 Å². The lowest BCUT2D eigenvalue weighted by Gasteiger charge is -2.35. The van der Waals surface area contributed by atoms with Crippen molar-refractivity contribution < 1.29 is 4.79 Å². The normalized spacial score (nSPS) is 20.3. The molecule has 0 N–H and O–H groups in total. The number of anilines is 1. The highest BCUT2D eigenvalue weighted by Crippen LogP contribution is 2.26. The maximum Gasteiger partial charge on any atom is 0.236 e. The highest BCUT2D eigenvalue weighted by Gasteiger charge is 2.26. The standard InChI is InChI=1S/C16H27N5OS/c1-16(2,3)14-17-15(23-18-14)21-10-8-20(9-11-21)13(22)12-19-6-4-5-7-19/h4-12H2,1-3H3. The van der Waals surface area contributed by atoms with E-state index in [1.165, 1.54) is 24.4 Å². The van der Waals surface area contributed by atoms with Crippen LogP contribution in [0.1, 0.15) is 39.4 Å². The Labute approximate surface area is 142 Å². The maximum atomic E-state index is 12.4. The molecule has 0 aromatic carbocycles. The number of piperazine rings is 1. The number of carbonyl (C=O) groups is 1. The number of hydrogen-bond donors (Lipinski definition) is 0. The van der Waals surface area contributed by atoms with E-state index in [0.717, 1.165) is 50.2 Å². The van der Waals surface area contributed by atoms with Crippen LogP contribution in [0.2, 0.25) is 0 Å². The van der Waals surface area contributed by atoms with Gasteiger partial charge in [-0.2, -0.15) is 4.37 Å². The third-order valence-electron chi connectivity index (χ3n) is 4.55. The second-order valence-electron chi connectivity index (χ2n) is 7.50. The van der Waals surface area contributed by atoms with Crippen LogP contribution in [0.4, 0.5) is 5.13 Å². The Balaban J connectivity index is 1.51. The topological polar surface area (TPSA) is 52.6 Å². The van der Waals surface area contributed by atoms with Crippen LogP contribution in [0, 0.1) is 0 Å². The molecular formula is C16H27N5OS. The summed E-state index contributed by atoms with van der Waals surface area (Å²) in [6, 6.07) is 0. The molecule has 0 atom stereocenters. The average molecular weight is 337 g/mol. The highest BCUT2D eigenvalue weighted by molar-refractivity contribution is 7.09. The molecule has 1 aromatic heterocycles. The van der Waals surface area contributed by atoms with Gasteiger partial charge >= 0.3 is 0 Å². The molecule has 128 valence electrons. The van der Waals surface area contributed by atoms with E-state index < -0.39 is 0 Å². The number of nitrogens with zero attached hydrogens (tertiary/aromatic N) is 5. The van der Waals surface area contributed by atoms with Gasteiger partial charge in [0.05, 0.1) is 6.54 Å². The summed E-state index contributed by atoms with van der Waals surface area (Å²) in [5, 5.41) is 0.988. The molecule has 0 bridgehead atoms. The van der Waals surface area contributed by atoms with Gasteiger partial charge < -0.3 is 9.80 Å². The summed E-state index contributed by atoms with van der Waals surface area (Å²) in [6.07, 6.45) is 2.46. The average Bonchev–Trinajstić information content (AvgIpc) is 3.18. The number of rotatable bonds is 3. The second-order valence-corrected chi connectivity index (χ2v) is 8.23. The fraction of sp³-hybridized carbons (Fsp3) is 0.812. The lowest BCUT2D eigenvalue weighted by atomic mass is 9.96. The molecular weight excluding hydrogens is 310 g/mol. The molecule has 2 fully saturated rings. The lowest BCUT2D eigenvalue weighted by molar-refractivity contribution is -0.132. The molecule has 0 radical (unpaired) electrons. The minimum absolute atomic E-state index is 0.0116. The Hall–Kier alpha value is -1.21. The summed E-state index contributed by atoms with van der Waals surface area (Å²) < 4.78 is 4.49. The largest absolute Gasteiger partial charge is 0.343 e. The van der Waals surface area contributed by atoms with Crippen LogP contribution >= 0.6 is 11.5 Å². The Bertz CT molecular complexity index is 539. The third kappa shape index (κ3) is 4.01. The van der Waals surface area contributed by atoms with Gasteiger partial charge in [0.15, 0.2) is 0 Å². The number of likely N-dealkylation sites (tertiary alicyclic amines) is 1. The minimum Gasteiger partial charge on any atom is -0.343 e. The van der Waals surface area contributed by atoms with Gasteiger partial charge in [-0.1, -0.05) is 20.8 Å². The van der Waals surface area contributed by atoms with Crippen molar-refractivity contribution >= 4 is 22.6 Å². The van der Waals surface area contributed by atoms with Gasteiger partial charge in [-0.15, -0.1) is 0 Å². The lowest BCUT2D eigenvalue weighted by Crippen LogP contribution is -2.51. The van der Waals surface area contributed by atoms with Crippen LogP contribution in [0.25, 0.3) is 0 Å². The molecule has 3 heterocycles. The number of amides is 1. The summed E-state index contributed by atoms with van der Waals surface area (Å²) in [6.45, 7) is 12.4. The summed E-state index contributed by atoms with van der Waals surface area (Å²) in [7, 11) is 0. The van der Waals surface area contributed by atoms with E-state index in [1.807, 2.05) is 4.90 Å². The van der Waals surface area contributed by atoms with Crippen LogP contribution in [0.3, 0.4) is 0 Å². The van der Waals surface area contributed by atoms with Gasteiger partial charge in [-0.3, -0.25) is 9.69 Å². The van der Waals surface area contributed by atoms with E-state index in [0.29, 0.717) is 6.54 Å². The highest BCUT2D eigenvalue weighted by atomic mass is 32.1. The van der Waals surface area contributed by atoms with Gasteiger partial charge in [0.1, 0.15) is 5.82 Å². The van der Waals surface area contributed by atoms with Crippen molar-refractivity contribution in [1.29, 1.82) is 0 Å². The van der Waals surface area contributed by atoms with Crippen LogP contribution in [0.5, 0.6) is 0 Å². The molecule has 1 amide bonds. The second kappa shape index (κ2) is 6.73. The van der Waals surface area contributed by atoms with E-state index in [1.54, 1.807) is 0 Å². The first-order valence-corrected chi connectivity index (χ1v) is 9.30. The fourth-order valence-electron chi connectivity index (χ4n) is 3.03.